The Kier molecular flexibility index (Phi) is 8.15. The zero-order valence-electron chi connectivity index (χ0n) is 28.0. The van der Waals surface area contributed by atoms with Crippen molar-refractivity contribution in [1.82, 2.24) is 0 Å². The average Bonchev–Trinajstić information content (AvgIpc) is 3.26. The minimum Gasteiger partial charge on any atom is -0.456 e. The molecule has 1 spiro atoms. The van der Waals surface area contributed by atoms with Crippen LogP contribution in [0.5, 0.6) is 11.5 Å². The third-order valence-electron chi connectivity index (χ3n) is 8.80. The molecule has 6 rings (SSSR count). The molecule has 5 nitrogen and oxygen atoms in total. The van der Waals surface area contributed by atoms with Crippen LogP contribution in [0.2, 0.25) is 0 Å². The highest BCUT2D eigenvalue weighted by Crippen LogP contribution is 2.59. The number of hydrogen-bond donors (Lipinski definition) is 1. The number of carbonyl (C=O) groups is 1. The standard InChI is InChI=1S/C40H46N2O3/c1-24(2)19-27-22-28(20-25(3)4)37-38(33(27)21-26(5)6)44-36-23-30(41-29-13-16-31(17-14-29)42(7)8)15-18-35(36)40(37)34-12-10-9-11-32(34)39(43)45-40/h9-18,22-26,41H,19-21H2,1-8H3. The van der Waals surface area contributed by atoms with Crippen LogP contribution in [0.4, 0.5) is 17.1 Å². The SMILES string of the molecule is CC(C)Cc1cc(CC(C)C)c2c(c1CC(C)C)Oc1cc(Nc3ccc(N(C)C)cc3)ccc1C21OC(=O)c2ccccc21. The molecule has 234 valence electrons. The Morgan fingerprint density at radius 2 is 1.38 bits per heavy atom. The monoisotopic (exact) mass is 602 g/mol. The van der Waals surface area contributed by atoms with Crippen LogP contribution in [-0.4, -0.2) is 20.1 Å². The van der Waals surface area contributed by atoms with E-state index in [1.54, 1.807) is 0 Å². The third-order valence-corrected chi connectivity index (χ3v) is 8.80. The summed E-state index contributed by atoms with van der Waals surface area (Å²) in [4.78, 5) is 15.8. The van der Waals surface area contributed by atoms with Gasteiger partial charge in [-0.05, 0) is 96.2 Å². The molecule has 0 aliphatic carbocycles. The highest BCUT2D eigenvalue weighted by molar-refractivity contribution is 5.97. The Morgan fingerprint density at radius 1 is 0.733 bits per heavy atom. The molecule has 0 saturated heterocycles. The molecule has 0 amide bonds. The Morgan fingerprint density at radius 3 is 2.04 bits per heavy atom. The number of hydrogen-bond acceptors (Lipinski definition) is 5. The maximum Gasteiger partial charge on any atom is 0.340 e. The molecule has 0 fully saturated rings. The molecule has 4 aromatic rings. The molecular formula is C40H46N2O3. The largest absolute Gasteiger partial charge is 0.456 e. The van der Waals surface area contributed by atoms with Crippen LogP contribution >= 0.6 is 0 Å². The molecule has 0 radical (unpaired) electrons. The molecule has 45 heavy (non-hydrogen) atoms. The lowest BCUT2D eigenvalue weighted by Crippen LogP contribution is -2.35. The second-order valence-electron chi connectivity index (χ2n) is 14.2. The smallest absolute Gasteiger partial charge is 0.340 e. The number of nitrogens with zero attached hydrogens (tertiary/aromatic N) is 1. The lowest BCUT2D eigenvalue weighted by Gasteiger charge is -2.40. The maximum atomic E-state index is 13.7. The predicted octanol–water partition coefficient (Wildman–Crippen LogP) is 9.66. The number of carbonyl (C=O) groups excluding carboxylic acids is 1. The van der Waals surface area contributed by atoms with E-state index >= 15 is 0 Å². The molecule has 0 saturated carbocycles. The van der Waals surface area contributed by atoms with E-state index in [4.69, 9.17) is 9.47 Å². The first-order valence-electron chi connectivity index (χ1n) is 16.4. The van der Waals surface area contributed by atoms with E-state index in [1.165, 1.54) is 16.7 Å². The maximum absolute atomic E-state index is 13.7. The minimum absolute atomic E-state index is 0.292. The molecule has 2 aliphatic heterocycles. The lowest BCUT2D eigenvalue weighted by molar-refractivity contribution is 0.0220. The molecule has 1 N–H and O–H groups in total. The van der Waals surface area contributed by atoms with Gasteiger partial charge in [-0.3, -0.25) is 0 Å². The summed E-state index contributed by atoms with van der Waals surface area (Å²) in [6.07, 6.45) is 2.70. The molecule has 1 atom stereocenters. The highest BCUT2D eigenvalue weighted by atomic mass is 16.6. The molecule has 5 heteroatoms. The number of anilines is 3. The first-order chi connectivity index (χ1) is 21.5. The van der Waals surface area contributed by atoms with E-state index in [1.807, 2.05) is 32.3 Å². The number of esters is 1. The zero-order valence-corrected chi connectivity index (χ0v) is 28.0. The Labute approximate surface area is 268 Å². The summed E-state index contributed by atoms with van der Waals surface area (Å²) >= 11 is 0. The fraction of sp³-hybridized carbons (Fsp3) is 0.375. The van der Waals surface area contributed by atoms with Gasteiger partial charge in [-0.1, -0.05) is 65.8 Å². The number of nitrogens with one attached hydrogen (secondary N) is 1. The first-order valence-corrected chi connectivity index (χ1v) is 16.4. The van der Waals surface area contributed by atoms with Crippen LogP contribution in [0.15, 0.2) is 72.8 Å². The summed E-state index contributed by atoms with van der Waals surface area (Å²) in [6.45, 7) is 13.6. The summed E-state index contributed by atoms with van der Waals surface area (Å²) in [6, 6.07) is 24.8. The van der Waals surface area contributed by atoms with Crippen LogP contribution in [0.1, 0.15) is 85.3 Å². The molecule has 0 bridgehead atoms. The van der Waals surface area contributed by atoms with Crippen molar-refractivity contribution in [2.24, 2.45) is 17.8 Å². The molecular weight excluding hydrogens is 556 g/mol. The first kappa shape index (κ1) is 30.8. The summed E-state index contributed by atoms with van der Waals surface area (Å²) in [7, 11) is 4.08. The van der Waals surface area contributed by atoms with Crippen LogP contribution in [0.3, 0.4) is 0 Å². The number of rotatable bonds is 9. The van der Waals surface area contributed by atoms with Gasteiger partial charge in [0.1, 0.15) is 11.5 Å². The van der Waals surface area contributed by atoms with Gasteiger partial charge in [0, 0.05) is 48.4 Å². The van der Waals surface area contributed by atoms with E-state index < -0.39 is 5.60 Å². The number of ether oxygens (including phenoxy) is 2. The second kappa shape index (κ2) is 11.9. The van der Waals surface area contributed by atoms with Crippen molar-refractivity contribution in [3.05, 3.63) is 112 Å². The van der Waals surface area contributed by atoms with Crippen molar-refractivity contribution in [3.63, 3.8) is 0 Å². The zero-order chi connectivity index (χ0) is 32.0. The van der Waals surface area contributed by atoms with E-state index in [-0.39, 0.29) is 5.97 Å². The van der Waals surface area contributed by atoms with Crippen molar-refractivity contribution < 1.29 is 14.3 Å². The van der Waals surface area contributed by atoms with E-state index in [0.717, 1.165) is 58.8 Å². The molecule has 2 heterocycles. The summed E-state index contributed by atoms with van der Waals surface area (Å²) in [5.74, 6) is 2.61. The Hall–Kier alpha value is -4.25. The third kappa shape index (κ3) is 5.58. The van der Waals surface area contributed by atoms with Gasteiger partial charge in [0.2, 0.25) is 0 Å². The van der Waals surface area contributed by atoms with Crippen molar-refractivity contribution in [2.75, 3.05) is 24.3 Å². The van der Waals surface area contributed by atoms with Gasteiger partial charge >= 0.3 is 5.97 Å². The van der Waals surface area contributed by atoms with Crippen LogP contribution in [0.25, 0.3) is 0 Å². The van der Waals surface area contributed by atoms with Crippen molar-refractivity contribution in [3.8, 4) is 11.5 Å². The van der Waals surface area contributed by atoms with Gasteiger partial charge < -0.3 is 19.7 Å². The van der Waals surface area contributed by atoms with Crippen molar-refractivity contribution in [2.45, 2.75) is 66.4 Å². The van der Waals surface area contributed by atoms with Gasteiger partial charge in [0.05, 0.1) is 11.1 Å². The van der Waals surface area contributed by atoms with Crippen LogP contribution < -0.4 is 15.0 Å². The molecule has 2 aliphatic rings. The Balaban J connectivity index is 1.60. The van der Waals surface area contributed by atoms with E-state index in [2.05, 4.69) is 106 Å². The van der Waals surface area contributed by atoms with Gasteiger partial charge in [-0.15, -0.1) is 0 Å². The lowest BCUT2D eigenvalue weighted by atomic mass is 9.72. The van der Waals surface area contributed by atoms with Crippen LogP contribution in [-0.2, 0) is 29.6 Å². The van der Waals surface area contributed by atoms with Gasteiger partial charge in [0.25, 0.3) is 0 Å². The summed E-state index contributed by atoms with van der Waals surface area (Å²) in [5, 5.41) is 3.57. The summed E-state index contributed by atoms with van der Waals surface area (Å²) < 4.78 is 13.7. The molecule has 4 aromatic carbocycles. The van der Waals surface area contributed by atoms with E-state index in [9.17, 15) is 4.79 Å². The number of fused-ring (bicyclic) bond motifs is 6. The highest BCUT2D eigenvalue weighted by Gasteiger charge is 2.55. The van der Waals surface area contributed by atoms with E-state index in [0.29, 0.717) is 29.1 Å². The second-order valence-corrected chi connectivity index (χ2v) is 14.2. The minimum atomic E-state index is -1.09. The van der Waals surface area contributed by atoms with Gasteiger partial charge in [-0.25, -0.2) is 4.79 Å². The number of benzene rings is 4. The predicted molar refractivity (Wildman–Crippen MR) is 184 cm³/mol. The molecule has 1 unspecified atom stereocenters. The fourth-order valence-corrected chi connectivity index (χ4v) is 7.00. The van der Waals surface area contributed by atoms with Crippen molar-refractivity contribution in [1.29, 1.82) is 0 Å². The normalized spacial score (nSPS) is 16.5. The van der Waals surface area contributed by atoms with Crippen molar-refractivity contribution >= 4 is 23.0 Å². The fourth-order valence-electron chi connectivity index (χ4n) is 7.00. The summed E-state index contributed by atoms with van der Waals surface area (Å²) in [5.41, 5.74) is 9.06. The topological polar surface area (TPSA) is 50.8 Å². The van der Waals surface area contributed by atoms with Crippen LogP contribution in [0, 0.1) is 17.8 Å². The Bertz CT molecular complexity index is 1740. The molecule has 0 aromatic heterocycles. The van der Waals surface area contributed by atoms with Gasteiger partial charge in [-0.2, -0.15) is 0 Å². The average molecular weight is 603 g/mol. The van der Waals surface area contributed by atoms with Gasteiger partial charge in [0.15, 0.2) is 5.60 Å². The quantitative estimate of drug-likeness (QED) is 0.193.